The van der Waals surface area contributed by atoms with Crippen LogP contribution in [0.25, 0.3) is 0 Å². The second-order valence-electron chi connectivity index (χ2n) is 8.41. The molecule has 0 radical (unpaired) electrons. The smallest absolute Gasteiger partial charge is 0.475 e. The van der Waals surface area contributed by atoms with Crippen molar-refractivity contribution < 1.29 is 32.6 Å². The summed E-state index contributed by atoms with van der Waals surface area (Å²) < 4.78 is 41.6. The second-order valence-corrected chi connectivity index (χ2v) is 8.41. The van der Waals surface area contributed by atoms with Gasteiger partial charge in [0.15, 0.2) is 0 Å². The van der Waals surface area contributed by atoms with Crippen molar-refractivity contribution in [3.8, 4) is 0 Å². The lowest BCUT2D eigenvalue weighted by Gasteiger charge is -2.20. The van der Waals surface area contributed by atoms with Gasteiger partial charge in [-0.3, -0.25) is 14.4 Å². The fourth-order valence-corrected chi connectivity index (χ4v) is 4.27. The van der Waals surface area contributed by atoms with Crippen molar-refractivity contribution in [1.29, 1.82) is 0 Å². The molecule has 3 atom stereocenters. The Labute approximate surface area is 189 Å². The number of likely N-dealkylation sites (tertiary alicyclic amines) is 1. The van der Waals surface area contributed by atoms with Gasteiger partial charge in [0.1, 0.15) is 5.69 Å². The Kier molecular flexibility index (Phi) is 7.48. The summed E-state index contributed by atoms with van der Waals surface area (Å²) in [7, 11) is 3.89. The Morgan fingerprint density at radius 2 is 2.00 bits per heavy atom. The highest BCUT2D eigenvalue weighted by atomic mass is 19.4. The van der Waals surface area contributed by atoms with Crippen LogP contribution in [-0.2, 0) is 30.2 Å². The quantitative estimate of drug-likeness (QED) is 0.687. The number of carbonyl (C=O) groups excluding carboxylic acids is 1. The Morgan fingerprint density at radius 1 is 1.30 bits per heavy atom. The maximum atomic E-state index is 12.3. The average Bonchev–Trinajstić information content (AvgIpc) is 3.46. The minimum Gasteiger partial charge on any atom is -0.475 e. The molecule has 0 aliphatic carbocycles. The van der Waals surface area contributed by atoms with Crippen molar-refractivity contribution in [3.05, 3.63) is 41.5 Å². The van der Waals surface area contributed by atoms with E-state index in [0.717, 1.165) is 31.9 Å². The van der Waals surface area contributed by atoms with E-state index in [9.17, 15) is 18.0 Å². The van der Waals surface area contributed by atoms with E-state index in [1.807, 2.05) is 48.6 Å². The minimum atomic E-state index is -5.08. The first-order valence-electron chi connectivity index (χ1n) is 10.5. The van der Waals surface area contributed by atoms with E-state index in [1.54, 1.807) is 0 Å². The van der Waals surface area contributed by atoms with Gasteiger partial charge in [-0.05, 0) is 25.1 Å². The summed E-state index contributed by atoms with van der Waals surface area (Å²) in [6, 6.07) is 5.88. The molecule has 2 aromatic rings. The largest absolute Gasteiger partial charge is 0.490 e. The van der Waals surface area contributed by atoms with Crippen LogP contribution in [0.15, 0.2) is 24.4 Å². The fraction of sp³-hybridized carbons (Fsp3) is 0.571. The molecular formula is C21H28F3N5O4. The lowest BCUT2D eigenvalue weighted by molar-refractivity contribution is -0.192. The minimum absolute atomic E-state index is 0.0128. The molecule has 2 aliphatic heterocycles. The number of aromatic nitrogens is 3. The summed E-state index contributed by atoms with van der Waals surface area (Å²) >= 11 is 0. The number of hydrogen-bond acceptors (Lipinski definition) is 5. The molecule has 182 valence electrons. The second kappa shape index (κ2) is 9.96. The first-order valence-corrected chi connectivity index (χ1v) is 10.5. The number of aliphatic carboxylic acids is 1. The van der Waals surface area contributed by atoms with Crippen molar-refractivity contribution >= 4 is 11.9 Å². The topological polar surface area (TPSA) is 102 Å². The molecule has 2 aromatic heterocycles. The van der Waals surface area contributed by atoms with E-state index >= 15 is 0 Å². The highest BCUT2D eigenvalue weighted by molar-refractivity contribution is 5.92. The number of rotatable bonds is 5. The normalized spacial score (nSPS) is 22.5. The number of carbonyl (C=O) groups is 2. The summed E-state index contributed by atoms with van der Waals surface area (Å²) in [5.41, 5.74) is 2.98. The van der Waals surface area contributed by atoms with Gasteiger partial charge in [-0.2, -0.15) is 18.3 Å². The standard InChI is InChI=1S/C19H27N5O2.C2HF3O2/c1-13-7-15(23(3)21-13)9-24-10-16-14(12-26-18(16)11-24)8-20-19(25)17-5-4-6-22(17)2;3-2(4,5)1(6)7/h4-7,14,16,18H,8-12H2,1-3H3,(H,20,25);(H,6,7)/t14-,16-,18-;/m1./s1. The van der Waals surface area contributed by atoms with Crippen molar-refractivity contribution in [2.45, 2.75) is 25.7 Å². The number of alkyl halides is 3. The Bertz CT molecular complexity index is 987. The van der Waals surface area contributed by atoms with Crippen LogP contribution in [0.3, 0.4) is 0 Å². The van der Waals surface area contributed by atoms with Crippen LogP contribution in [-0.4, -0.2) is 74.8 Å². The molecule has 0 saturated carbocycles. The molecule has 0 unspecified atom stereocenters. The van der Waals surface area contributed by atoms with E-state index < -0.39 is 12.1 Å². The van der Waals surface area contributed by atoms with Crippen molar-refractivity contribution in [2.24, 2.45) is 25.9 Å². The Morgan fingerprint density at radius 3 is 2.55 bits per heavy atom. The van der Waals surface area contributed by atoms with E-state index in [1.165, 1.54) is 5.69 Å². The highest BCUT2D eigenvalue weighted by Gasteiger charge is 2.43. The number of carboxylic acid groups (broad SMARTS) is 1. The molecule has 0 aromatic carbocycles. The SMILES string of the molecule is Cc1cc(CN2C[C@@H]3[C@H](CNC(=O)c4cccn4C)CO[C@@H]3C2)n(C)n1.O=C(O)C(F)(F)F. The van der Waals surface area contributed by atoms with Gasteiger partial charge in [0.05, 0.1) is 24.1 Å². The van der Waals surface area contributed by atoms with Gasteiger partial charge in [0, 0.05) is 58.3 Å². The van der Waals surface area contributed by atoms with Crippen LogP contribution in [0.2, 0.25) is 0 Å². The maximum absolute atomic E-state index is 12.3. The zero-order chi connectivity index (χ0) is 24.3. The van der Waals surface area contributed by atoms with Crippen LogP contribution < -0.4 is 5.32 Å². The summed E-state index contributed by atoms with van der Waals surface area (Å²) in [5.74, 6) is -1.91. The number of ether oxygens (including phenoxy) is 1. The van der Waals surface area contributed by atoms with Gasteiger partial charge in [-0.1, -0.05) is 0 Å². The average molecular weight is 471 g/mol. The molecule has 2 N–H and O–H groups in total. The molecule has 12 heteroatoms. The Hall–Kier alpha value is -2.86. The van der Waals surface area contributed by atoms with E-state index in [4.69, 9.17) is 14.6 Å². The predicted octanol–water partition coefficient (Wildman–Crippen LogP) is 1.58. The number of aryl methyl sites for hydroxylation is 3. The van der Waals surface area contributed by atoms with E-state index in [-0.39, 0.29) is 12.0 Å². The third-order valence-corrected chi connectivity index (χ3v) is 5.94. The molecule has 0 bridgehead atoms. The first-order chi connectivity index (χ1) is 15.5. The van der Waals surface area contributed by atoms with Crippen molar-refractivity contribution in [1.82, 2.24) is 24.6 Å². The zero-order valence-electron chi connectivity index (χ0n) is 18.7. The Balaban J connectivity index is 0.000000383. The molecule has 1 amide bonds. The van der Waals surface area contributed by atoms with E-state index in [0.29, 0.717) is 24.1 Å². The molecule has 0 spiro atoms. The molecule has 4 heterocycles. The molecule has 2 saturated heterocycles. The number of nitrogens with zero attached hydrogens (tertiary/aromatic N) is 4. The molecular weight excluding hydrogens is 443 g/mol. The number of amides is 1. The lowest BCUT2D eigenvalue weighted by atomic mass is 9.93. The fourth-order valence-electron chi connectivity index (χ4n) is 4.27. The summed E-state index contributed by atoms with van der Waals surface area (Å²) in [6.45, 7) is 6.30. The number of hydrogen-bond donors (Lipinski definition) is 2. The van der Waals surface area contributed by atoms with Crippen LogP contribution in [0.1, 0.15) is 21.9 Å². The molecule has 2 fully saturated rings. The zero-order valence-corrected chi connectivity index (χ0v) is 18.7. The van der Waals surface area contributed by atoms with Gasteiger partial charge in [-0.25, -0.2) is 4.79 Å². The predicted molar refractivity (Wildman–Crippen MR) is 111 cm³/mol. The van der Waals surface area contributed by atoms with Gasteiger partial charge >= 0.3 is 12.1 Å². The van der Waals surface area contributed by atoms with E-state index in [2.05, 4.69) is 21.4 Å². The lowest BCUT2D eigenvalue weighted by Crippen LogP contribution is -2.35. The number of carboxylic acids is 1. The number of halogens is 3. The van der Waals surface area contributed by atoms with Crippen LogP contribution >= 0.6 is 0 Å². The molecule has 33 heavy (non-hydrogen) atoms. The van der Waals surface area contributed by atoms with Crippen LogP contribution in [0, 0.1) is 18.8 Å². The molecule has 9 nitrogen and oxygen atoms in total. The highest BCUT2D eigenvalue weighted by Crippen LogP contribution is 2.34. The third-order valence-electron chi connectivity index (χ3n) is 5.94. The molecule has 2 aliphatic rings. The summed E-state index contributed by atoms with van der Waals surface area (Å²) in [6.07, 6.45) is -2.92. The summed E-state index contributed by atoms with van der Waals surface area (Å²) in [4.78, 5) is 23.7. The maximum Gasteiger partial charge on any atom is 0.490 e. The van der Waals surface area contributed by atoms with Crippen LogP contribution in [0.4, 0.5) is 13.2 Å². The number of nitrogens with one attached hydrogen (secondary N) is 1. The summed E-state index contributed by atoms with van der Waals surface area (Å²) in [5, 5.41) is 14.6. The number of fused-ring (bicyclic) bond motifs is 1. The van der Waals surface area contributed by atoms with Crippen molar-refractivity contribution in [3.63, 3.8) is 0 Å². The van der Waals surface area contributed by atoms with Gasteiger partial charge in [-0.15, -0.1) is 0 Å². The first kappa shape index (κ1) is 24.8. The van der Waals surface area contributed by atoms with Crippen LogP contribution in [0.5, 0.6) is 0 Å². The van der Waals surface area contributed by atoms with Gasteiger partial charge in [0.2, 0.25) is 0 Å². The van der Waals surface area contributed by atoms with Crippen molar-refractivity contribution in [2.75, 3.05) is 26.2 Å². The third kappa shape index (κ3) is 6.14. The van der Waals surface area contributed by atoms with Gasteiger partial charge in [0.25, 0.3) is 5.91 Å². The monoisotopic (exact) mass is 471 g/mol. The molecule has 4 rings (SSSR count). The van der Waals surface area contributed by atoms with Gasteiger partial charge < -0.3 is 19.7 Å².